The van der Waals surface area contributed by atoms with Crippen LogP contribution < -0.4 is 10.6 Å². The molecule has 3 N–H and O–H groups in total. The fraction of sp³-hybridized carbons (Fsp3) is 0.381. The number of thiazole rings is 1. The molecule has 8 nitrogen and oxygen atoms in total. The molecule has 1 aliphatic rings. The molecule has 1 aromatic carbocycles. The summed E-state index contributed by atoms with van der Waals surface area (Å²) in [6, 6.07) is 5.71. The van der Waals surface area contributed by atoms with E-state index in [4.69, 9.17) is 17.3 Å². The number of aromatic amines is 1. The molecule has 3 aromatic heterocycles. The van der Waals surface area contributed by atoms with E-state index < -0.39 is 18.1 Å². The van der Waals surface area contributed by atoms with Crippen LogP contribution in [0.25, 0.3) is 32.5 Å². The van der Waals surface area contributed by atoms with Crippen molar-refractivity contribution >= 4 is 50.1 Å². The molecule has 0 aliphatic carbocycles. The first-order valence-corrected chi connectivity index (χ1v) is 11.6. The van der Waals surface area contributed by atoms with E-state index in [1.807, 2.05) is 13.0 Å². The first-order chi connectivity index (χ1) is 16.2. The lowest BCUT2D eigenvalue weighted by Crippen LogP contribution is -2.58. The maximum Gasteiger partial charge on any atom is 0.271 e. The van der Waals surface area contributed by atoms with E-state index in [-0.39, 0.29) is 37.6 Å². The Balaban J connectivity index is 1.51. The van der Waals surface area contributed by atoms with E-state index in [9.17, 15) is 18.4 Å². The zero-order valence-corrected chi connectivity index (χ0v) is 19.4. The van der Waals surface area contributed by atoms with Crippen molar-refractivity contribution in [1.82, 2.24) is 25.1 Å². The molecule has 1 fully saturated rings. The number of halogens is 4. The van der Waals surface area contributed by atoms with Crippen molar-refractivity contribution in [2.75, 3.05) is 18.0 Å². The summed E-state index contributed by atoms with van der Waals surface area (Å²) in [4.78, 5) is 15.0. The van der Waals surface area contributed by atoms with Gasteiger partial charge in [-0.25, -0.2) is 23.1 Å². The lowest BCUT2D eigenvalue weighted by Gasteiger charge is -2.40. The minimum absolute atomic E-state index is 0.0000945. The highest BCUT2D eigenvalue weighted by Crippen LogP contribution is 2.39. The van der Waals surface area contributed by atoms with Gasteiger partial charge < -0.3 is 10.6 Å². The van der Waals surface area contributed by atoms with Gasteiger partial charge in [-0.2, -0.15) is 15.3 Å². The number of aryl methyl sites for hydroxylation is 1. The van der Waals surface area contributed by atoms with Gasteiger partial charge in [-0.3, -0.25) is 5.10 Å². The first kappa shape index (κ1) is 22.8. The second kappa shape index (κ2) is 8.33. The molecular formula is C21H18ClF3N8S. The van der Waals surface area contributed by atoms with Crippen LogP contribution in [0.2, 0.25) is 5.02 Å². The summed E-state index contributed by atoms with van der Waals surface area (Å²) in [5.41, 5.74) is 6.53. The lowest BCUT2D eigenvalue weighted by molar-refractivity contribution is -0.00378. The van der Waals surface area contributed by atoms with E-state index in [1.165, 1.54) is 11.3 Å². The van der Waals surface area contributed by atoms with E-state index in [2.05, 4.69) is 31.2 Å². The number of nitrogens with one attached hydrogen (secondary N) is 1. The lowest BCUT2D eigenvalue weighted by atomic mass is 9.84. The van der Waals surface area contributed by atoms with Crippen LogP contribution in [0, 0.1) is 18.3 Å². The number of hydrogen-bond acceptors (Lipinski definition) is 8. The second-order valence-corrected chi connectivity index (χ2v) is 9.83. The number of aromatic nitrogens is 5. The van der Waals surface area contributed by atoms with E-state index >= 15 is 0 Å². The maximum atomic E-state index is 14.0. The molecule has 5 rings (SSSR count). The van der Waals surface area contributed by atoms with Crippen LogP contribution >= 0.6 is 22.9 Å². The molecule has 1 unspecified atom stereocenters. The van der Waals surface area contributed by atoms with Crippen molar-refractivity contribution in [2.24, 2.45) is 5.73 Å². The van der Waals surface area contributed by atoms with Gasteiger partial charge in [0.25, 0.3) is 6.43 Å². The van der Waals surface area contributed by atoms with Gasteiger partial charge >= 0.3 is 0 Å². The van der Waals surface area contributed by atoms with Crippen molar-refractivity contribution in [3.05, 3.63) is 27.9 Å². The number of anilines is 1. The topological polar surface area (TPSA) is 120 Å². The predicted molar refractivity (Wildman–Crippen MR) is 124 cm³/mol. The Bertz CT molecular complexity index is 1440. The van der Waals surface area contributed by atoms with Gasteiger partial charge in [0.15, 0.2) is 17.5 Å². The fourth-order valence-corrected chi connectivity index (χ4v) is 5.46. The Morgan fingerprint density at radius 3 is 2.65 bits per heavy atom. The van der Waals surface area contributed by atoms with E-state index in [0.29, 0.717) is 27.3 Å². The van der Waals surface area contributed by atoms with Crippen LogP contribution in [-0.2, 0) is 0 Å². The Kier molecular flexibility index (Phi) is 5.58. The molecule has 0 bridgehead atoms. The molecule has 1 saturated heterocycles. The third kappa shape index (κ3) is 3.64. The van der Waals surface area contributed by atoms with Crippen molar-refractivity contribution in [3.63, 3.8) is 0 Å². The van der Waals surface area contributed by atoms with Gasteiger partial charge in [0, 0.05) is 18.7 Å². The normalized spacial score (nSPS) is 16.9. The van der Waals surface area contributed by atoms with Gasteiger partial charge in [-0.05, 0) is 31.9 Å². The molecule has 34 heavy (non-hydrogen) atoms. The molecule has 0 spiro atoms. The number of nitrogens with two attached hydrogens (primary N) is 1. The van der Waals surface area contributed by atoms with Crippen LogP contribution in [0.4, 0.5) is 19.1 Å². The summed E-state index contributed by atoms with van der Waals surface area (Å²) >= 11 is 8.12. The smallest absolute Gasteiger partial charge is 0.271 e. The number of fused-ring (bicyclic) bond motifs is 2. The maximum absolute atomic E-state index is 14.0. The Morgan fingerprint density at radius 1 is 1.24 bits per heavy atom. The molecule has 0 amide bonds. The number of nitrogens with zero attached hydrogens (tertiary/aromatic N) is 6. The number of H-pyrrole nitrogens is 1. The van der Waals surface area contributed by atoms with Crippen LogP contribution in [0.3, 0.4) is 0 Å². The van der Waals surface area contributed by atoms with Gasteiger partial charge in [-0.15, -0.1) is 11.3 Å². The van der Waals surface area contributed by atoms with Gasteiger partial charge in [0.2, 0.25) is 5.95 Å². The summed E-state index contributed by atoms with van der Waals surface area (Å²) < 4.78 is 40.5. The summed E-state index contributed by atoms with van der Waals surface area (Å²) in [5, 5.41) is 18.8. The van der Waals surface area contributed by atoms with Crippen molar-refractivity contribution in [3.8, 4) is 17.3 Å². The molecule has 4 heterocycles. The van der Waals surface area contributed by atoms with Crippen molar-refractivity contribution in [2.45, 2.75) is 37.9 Å². The van der Waals surface area contributed by atoms with E-state index in [0.717, 1.165) is 15.2 Å². The number of piperidine rings is 1. The highest BCUT2D eigenvalue weighted by molar-refractivity contribution is 7.19. The Labute approximate surface area is 200 Å². The monoisotopic (exact) mass is 506 g/mol. The van der Waals surface area contributed by atoms with Gasteiger partial charge in [0.1, 0.15) is 11.8 Å². The number of nitriles is 1. The molecular weight excluding hydrogens is 489 g/mol. The quantitative estimate of drug-likeness (QED) is 0.421. The number of benzene rings is 1. The van der Waals surface area contributed by atoms with Crippen LogP contribution in [-0.4, -0.2) is 56.4 Å². The molecule has 4 aromatic rings. The molecule has 176 valence electrons. The highest BCUT2D eigenvalue weighted by atomic mass is 35.5. The molecule has 0 radical (unpaired) electrons. The average molecular weight is 507 g/mol. The van der Waals surface area contributed by atoms with Gasteiger partial charge in [0.05, 0.1) is 31.2 Å². The average Bonchev–Trinajstić information content (AvgIpc) is 3.42. The van der Waals surface area contributed by atoms with Crippen molar-refractivity contribution in [1.29, 1.82) is 5.26 Å². The molecule has 0 saturated carbocycles. The summed E-state index contributed by atoms with van der Waals surface area (Å²) in [6.07, 6.45) is -5.55. The predicted octanol–water partition coefficient (Wildman–Crippen LogP) is 4.36. The molecule has 1 atom stereocenters. The zero-order valence-electron chi connectivity index (χ0n) is 17.8. The standard InChI is InChI=1S/C21H18ClF3N8S/c1-9-28-11-3-2-10(14(22)16(11)34-9)15-13-12(8-26)29-20(30-19(13)32-31-15)33-6-4-21(27,5-7-33)17(23)18(24)25/h2-3,17-18H,4-7,27H2,1H3,(H,29,30,31,32). The van der Waals surface area contributed by atoms with Crippen LogP contribution in [0.1, 0.15) is 23.5 Å². The fourth-order valence-electron chi connectivity index (χ4n) is 4.24. The van der Waals surface area contributed by atoms with Crippen molar-refractivity contribution < 1.29 is 13.2 Å². The molecule has 1 aliphatic heterocycles. The Morgan fingerprint density at radius 2 is 1.97 bits per heavy atom. The highest BCUT2D eigenvalue weighted by Gasteiger charge is 2.44. The Hall–Kier alpha value is -3.01. The van der Waals surface area contributed by atoms with Gasteiger partial charge in [-0.1, -0.05) is 11.6 Å². The summed E-state index contributed by atoms with van der Waals surface area (Å²) in [6.45, 7) is 2.24. The van der Waals surface area contributed by atoms with Crippen LogP contribution in [0.15, 0.2) is 12.1 Å². The first-order valence-electron chi connectivity index (χ1n) is 10.4. The zero-order chi connectivity index (χ0) is 24.2. The van der Waals surface area contributed by atoms with E-state index in [1.54, 1.807) is 11.0 Å². The number of rotatable bonds is 4. The minimum Gasteiger partial charge on any atom is -0.341 e. The number of alkyl halides is 3. The third-order valence-corrected chi connectivity index (χ3v) is 7.63. The minimum atomic E-state index is -3.14. The largest absolute Gasteiger partial charge is 0.341 e. The SMILES string of the molecule is Cc1nc2ccc(-c3n[nH]c4nc(N5CCC(N)(C(F)C(F)F)CC5)nc(C#N)c34)c(Cl)c2s1. The third-order valence-electron chi connectivity index (χ3n) is 6.12. The summed E-state index contributed by atoms with van der Waals surface area (Å²) in [5.74, 6) is 0.216. The molecule has 13 heteroatoms. The number of hydrogen-bond donors (Lipinski definition) is 2. The second-order valence-electron chi connectivity index (χ2n) is 8.24. The summed E-state index contributed by atoms with van der Waals surface area (Å²) in [7, 11) is 0. The van der Waals surface area contributed by atoms with Crippen LogP contribution in [0.5, 0.6) is 0 Å².